The Morgan fingerprint density at radius 3 is 2.59 bits per heavy atom. The molecular weight excluding hydrogens is 411 g/mol. The standard InChI is InChI=1S/C21H20Cl2N4O2/c22-14-9-13(10-15(23)11-14)12-25-21(29)18-19(28)17-16(5-4-6-24-17)20(26-18)27-7-2-1-3-8-27/h4-6,9-11,28H,1-3,7-8,12H2,(H,25,29). The molecular formula is C21H20Cl2N4O2. The first-order valence-electron chi connectivity index (χ1n) is 9.49. The first-order chi connectivity index (χ1) is 14.0. The number of piperidine rings is 1. The molecule has 8 heteroatoms. The molecule has 2 N–H and O–H groups in total. The van der Waals surface area contributed by atoms with E-state index in [1.165, 1.54) is 6.42 Å². The van der Waals surface area contributed by atoms with Crippen molar-refractivity contribution in [2.75, 3.05) is 18.0 Å². The molecule has 1 saturated heterocycles. The second-order valence-corrected chi connectivity index (χ2v) is 7.91. The second kappa shape index (κ2) is 8.43. The van der Waals surface area contributed by atoms with E-state index in [1.807, 2.05) is 6.07 Å². The van der Waals surface area contributed by atoms with Gasteiger partial charge >= 0.3 is 0 Å². The maximum atomic E-state index is 12.8. The second-order valence-electron chi connectivity index (χ2n) is 7.04. The number of fused-ring (bicyclic) bond motifs is 1. The summed E-state index contributed by atoms with van der Waals surface area (Å²) in [5, 5.41) is 15.2. The van der Waals surface area contributed by atoms with Gasteiger partial charge in [0.2, 0.25) is 0 Å². The highest BCUT2D eigenvalue weighted by Gasteiger charge is 2.23. The number of aromatic nitrogens is 2. The molecule has 0 saturated carbocycles. The SMILES string of the molecule is O=C(NCc1cc(Cl)cc(Cl)c1)c1nc(N2CCCCC2)c2cccnc2c1O. The Morgan fingerprint density at radius 1 is 1.14 bits per heavy atom. The molecule has 2 aromatic heterocycles. The molecule has 0 bridgehead atoms. The summed E-state index contributed by atoms with van der Waals surface area (Å²) >= 11 is 12.0. The van der Waals surface area contributed by atoms with Crippen LogP contribution in [0.4, 0.5) is 5.82 Å². The molecule has 0 aliphatic carbocycles. The molecule has 0 atom stereocenters. The maximum absolute atomic E-state index is 12.8. The number of nitrogens with zero attached hydrogens (tertiary/aromatic N) is 3. The zero-order valence-corrected chi connectivity index (χ0v) is 17.2. The maximum Gasteiger partial charge on any atom is 0.274 e. The number of nitrogens with one attached hydrogen (secondary N) is 1. The van der Waals surface area contributed by atoms with Gasteiger partial charge in [-0.2, -0.15) is 0 Å². The Kier molecular flexibility index (Phi) is 5.74. The summed E-state index contributed by atoms with van der Waals surface area (Å²) in [6.07, 6.45) is 4.92. The summed E-state index contributed by atoms with van der Waals surface area (Å²) in [5.41, 5.74) is 1.09. The molecule has 0 spiro atoms. The minimum atomic E-state index is -0.482. The molecule has 29 heavy (non-hydrogen) atoms. The van der Waals surface area contributed by atoms with Gasteiger partial charge in [0.15, 0.2) is 11.4 Å². The van der Waals surface area contributed by atoms with Crippen LogP contribution in [-0.4, -0.2) is 34.1 Å². The third-order valence-electron chi connectivity index (χ3n) is 4.96. The Balaban J connectivity index is 1.67. The van der Waals surface area contributed by atoms with Gasteiger partial charge in [0.1, 0.15) is 11.3 Å². The van der Waals surface area contributed by atoms with Crippen molar-refractivity contribution in [3.8, 4) is 5.75 Å². The quantitative estimate of drug-likeness (QED) is 0.633. The number of carbonyl (C=O) groups excluding carboxylic acids is 1. The summed E-state index contributed by atoms with van der Waals surface area (Å²) < 4.78 is 0. The van der Waals surface area contributed by atoms with Crippen molar-refractivity contribution >= 4 is 45.8 Å². The lowest BCUT2D eigenvalue weighted by molar-refractivity contribution is 0.0943. The van der Waals surface area contributed by atoms with E-state index in [0.717, 1.165) is 36.9 Å². The lowest BCUT2D eigenvalue weighted by atomic mass is 10.1. The molecule has 1 aromatic carbocycles. The largest absolute Gasteiger partial charge is 0.504 e. The minimum absolute atomic E-state index is 0.0371. The van der Waals surface area contributed by atoms with Crippen molar-refractivity contribution in [1.29, 1.82) is 0 Å². The van der Waals surface area contributed by atoms with E-state index in [9.17, 15) is 9.90 Å². The smallest absolute Gasteiger partial charge is 0.274 e. The first kappa shape index (κ1) is 19.7. The van der Waals surface area contributed by atoms with Crippen molar-refractivity contribution in [3.05, 3.63) is 57.8 Å². The van der Waals surface area contributed by atoms with Crippen LogP contribution in [0, 0.1) is 0 Å². The molecule has 3 aromatic rings. The number of anilines is 1. The zero-order chi connectivity index (χ0) is 20.4. The molecule has 150 valence electrons. The highest BCUT2D eigenvalue weighted by molar-refractivity contribution is 6.34. The van der Waals surface area contributed by atoms with E-state index in [-0.39, 0.29) is 18.0 Å². The Hall–Kier alpha value is -2.57. The van der Waals surface area contributed by atoms with Gasteiger partial charge in [-0.25, -0.2) is 4.98 Å². The topological polar surface area (TPSA) is 78.4 Å². The van der Waals surface area contributed by atoms with Gasteiger partial charge in [0.25, 0.3) is 5.91 Å². The number of hydrogen-bond acceptors (Lipinski definition) is 5. The van der Waals surface area contributed by atoms with Gasteiger partial charge in [-0.3, -0.25) is 9.78 Å². The van der Waals surface area contributed by atoms with E-state index in [4.69, 9.17) is 23.2 Å². The Bertz CT molecular complexity index is 1050. The lowest BCUT2D eigenvalue weighted by Gasteiger charge is -2.29. The van der Waals surface area contributed by atoms with Crippen LogP contribution < -0.4 is 10.2 Å². The van der Waals surface area contributed by atoms with Crippen molar-refractivity contribution in [3.63, 3.8) is 0 Å². The fourth-order valence-electron chi connectivity index (χ4n) is 3.59. The van der Waals surface area contributed by atoms with Crippen LogP contribution in [0.3, 0.4) is 0 Å². The minimum Gasteiger partial charge on any atom is -0.504 e. The van der Waals surface area contributed by atoms with Gasteiger partial charge in [-0.05, 0) is 55.2 Å². The van der Waals surface area contributed by atoms with E-state index in [2.05, 4.69) is 20.2 Å². The summed E-state index contributed by atoms with van der Waals surface area (Å²) in [6.45, 7) is 1.94. The summed E-state index contributed by atoms with van der Waals surface area (Å²) in [6, 6.07) is 8.75. The molecule has 6 nitrogen and oxygen atoms in total. The molecule has 1 aliphatic heterocycles. The Labute approximate surface area is 178 Å². The number of amides is 1. The molecule has 0 radical (unpaired) electrons. The van der Waals surface area contributed by atoms with Crippen LogP contribution in [-0.2, 0) is 6.54 Å². The third-order valence-corrected chi connectivity index (χ3v) is 5.40. The molecule has 0 unspecified atom stereocenters. The number of carbonyl (C=O) groups is 1. The van der Waals surface area contributed by atoms with Crippen LogP contribution in [0.15, 0.2) is 36.5 Å². The van der Waals surface area contributed by atoms with Crippen LogP contribution in [0.5, 0.6) is 5.75 Å². The van der Waals surface area contributed by atoms with Crippen molar-refractivity contribution in [2.24, 2.45) is 0 Å². The van der Waals surface area contributed by atoms with Gasteiger partial charge in [-0.1, -0.05) is 23.2 Å². The van der Waals surface area contributed by atoms with E-state index >= 15 is 0 Å². The highest BCUT2D eigenvalue weighted by Crippen LogP contribution is 2.33. The van der Waals surface area contributed by atoms with E-state index < -0.39 is 5.91 Å². The third kappa shape index (κ3) is 4.23. The summed E-state index contributed by atoms with van der Waals surface area (Å²) in [4.78, 5) is 23.8. The summed E-state index contributed by atoms with van der Waals surface area (Å²) in [5.74, 6) is -0.0195. The lowest BCUT2D eigenvalue weighted by Crippen LogP contribution is -2.31. The van der Waals surface area contributed by atoms with Gasteiger partial charge in [0.05, 0.1) is 0 Å². The van der Waals surface area contributed by atoms with E-state index in [0.29, 0.717) is 21.4 Å². The number of benzene rings is 1. The number of halogens is 2. The van der Waals surface area contributed by atoms with Crippen LogP contribution in [0.1, 0.15) is 35.3 Å². The van der Waals surface area contributed by atoms with Crippen molar-refractivity contribution < 1.29 is 9.90 Å². The average Bonchev–Trinajstić information content (AvgIpc) is 2.72. The Morgan fingerprint density at radius 2 is 1.86 bits per heavy atom. The molecule has 1 amide bonds. The summed E-state index contributed by atoms with van der Waals surface area (Å²) in [7, 11) is 0. The highest BCUT2D eigenvalue weighted by atomic mass is 35.5. The number of pyridine rings is 2. The number of aromatic hydroxyl groups is 1. The predicted octanol–water partition coefficient (Wildman–Crippen LogP) is 4.56. The van der Waals surface area contributed by atoms with Gasteiger partial charge < -0.3 is 15.3 Å². The number of hydrogen-bond donors (Lipinski definition) is 2. The van der Waals surface area contributed by atoms with Crippen LogP contribution in [0.2, 0.25) is 10.0 Å². The van der Waals surface area contributed by atoms with E-state index in [1.54, 1.807) is 30.5 Å². The molecule has 1 fully saturated rings. The molecule has 1 aliphatic rings. The fourth-order valence-corrected chi connectivity index (χ4v) is 4.16. The number of rotatable bonds is 4. The van der Waals surface area contributed by atoms with Crippen molar-refractivity contribution in [1.82, 2.24) is 15.3 Å². The monoisotopic (exact) mass is 430 g/mol. The molecule has 3 heterocycles. The first-order valence-corrected chi connectivity index (χ1v) is 10.2. The molecule has 4 rings (SSSR count). The van der Waals surface area contributed by atoms with Crippen LogP contribution in [0.25, 0.3) is 10.9 Å². The van der Waals surface area contributed by atoms with Gasteiger partial charge in [-0.15, -0.1) is 0 Å². The average molecular weight is 431 g/mol. The van der Waals surface area contributed by atoms with Crippen molar-refractivity contribution in [2.45, 2.75) is 25.8 Å². The normalized spacial score (nSPS) is 14.2. The zero-order valence-electron chi connectivity index (χ0n) is 15.7. The fraction of sp³-hybridized carbons (Fsp3) is 0.286. The van der Waals surface area contributed by atoms with Crippen LogP contribution >= 0.6 is 23.2 Å². The predicted molar refractivity (Wildman–Crippen MR) is 115 cm³/mol. The van der Waals surface area contributed by atoms with Gasteiger partial charge in [0, 0.05) is 41.3 Å².